The SMILES string of the molecule is CCCC12CC(CCC)(CC(CCC)(C(=O)Nc3ccc4c(c3)c3cc(NC(=O)C5(CCC)CC6(CCC)CC(CCC)(C5)C(=O)NC6=O)ccc3n4CCNC(=O)CCn3c4ccc(NC(=O)C5(CCC)CC6(CCC)CC(CCC)(C5)C(=O)NC6=O)cc4c4cc(NC(=O)C5(CCC)CC6(CCC)CC(CCC)(C5)C(=O)NC6=O)ccc43)C1)C(=O)NC2=O. The minimum Gasteiger partial charge on any atom is -0.354 e. The molecule has 8 unspecified atom stereocenters. The molecule has 2 aromatic heterocycles. The van der Waals surface area contributed by atoms with Gasteiger partial charge in [0.2, 0.25) is 76.8 Å². The van der Waals surface area contributed by atoms with Gasteiger partial charge in [-0.3, -0.25) is 83.6 Å². The van der Waals surface area contributed by atoms with Crippen LogP contribution in [-0.4, -0.2) is 92.5 Å². The fraction of sp³-hybridized carbons (Fsp3) is 0.634. The highest BCUT2D eigenvalue weighted by Gasteiger charge is 2.69. The van der Waals surface area contributed by atoms with Crippen molar-refractivity contribution < 1.29 is 62.3 Å². The molecule has 8 bridgehead atoms. The van der Waals surface area contributed by atoms with Crippen molar-refractivity contribution in [2.75, 3.05) is 27.8 Å². The summed E-state index contributed by atoms with van der Waals surface area (Å²) in [5.74, 6) is -3.67. The highest BCUT2D eigenvalue weighted by molar-refractivity contribution is 6.16. The first kappa shape index (κ1) is 91.6. The number of aromatic nitrogens is 2. The van der Waals surface area contributed by atoms with Gasteiger partial charge in [-0.25, -0.2) is 0 Å². The van der Waals surface area contributed by atoms with Crippen LogP contribution in [0.3, 0.4) is 0 Å². The summed E-state index contributed by atoms with van der Waals surface area (Å²) in [4.78, 5) is 191. The first-order chi connectivity index (χ1) is 59.7. The molecular weight excluding hydrogens is 1580 g/mol. The Morgan fingerprint density at radius 2 is 0.464 bits per heavy atom. The molecule has 4 saturated carbocycles. The van der Waals surface area contributed by atoms with Crippen molar-refractivity contribution >= 4 is 143 Å². The van der Waals surface area contributed by atoms with Gasteiger partial charge in [0.15, 0.2) is 0 Å². The Hall–Kier alpha value is -9.61. The van der Waals surface area contributed by atoms with E-state index in [4.69, 9.17) is 0 Å². The van der Waals surface area contributed by atoms with Crippen LogP contribution in [0.25, 0.3) is 43.6 Å². The maximum Gasteiger partial charge on any atom is 0.232 e. The van der Waals surface area contributed by atoms with E-state index in [-0.39, 0.29) is 103 Å². The van der Waals surface area contributed by atoms with Crippen LogP contribution in [-0.2, 0) is 75.4 Å². The molecule has 4 aliphatic carbocycles. The second-order valence-electron chi connectivity index (χ2n) is 40.8. The van der Waals surface area contributed by atoms with Crippen molar-refractivity contribution in [2.45, 2.75) is 334 Å². The monoisotopic (exact) mass is 1710 g/mol. The fourth-order valence-corrected chi connectivity index (χ4v) is 27.8. The standard InChI is InChI=1S/C101H137N11O13/c1-13-34-90(53-94(38-17-5)61-95(54-90,39-18-6)83(119)107-82(94)118)78(114)103-65-25-29-73-69(49-65)70-50-66(104-79(115)91(35-14-2)55-96(40-19-7)62-97(56-91,41-20-8)85(121)108-84(96)120)26-30-74(70)111(73)47-33-77(113)102-46-48-112-75-31-27-67(105-80(116)92(36-15-3)57-98(42-21-9)63-99(58-92,43-22-10)87(123)109-86(98)122)51-71(75)72-52-68(28-32-76(72)112)106-81(117)93(37-16-4)59-100(44-23-11)64-101(60-93,45-24-12)89(125)110-88(100)124/h25-32,49-52H,13-24,33-48,53-64H2,1-12H3,(H,102,113)(H,103,114)(H,104,115)(H,105,116)(H,106,117)(H,107,118,119)(H,108,120,121)(H,109,122,123)(H,110,124,125). The van der Waals surface area contributed by atoms with Crippen molar-refractivity contribution in [3.05, 3.63) is 72.8 Å². The Morgan fingerprint density at radius 3 is 0.656 bits per heavy atom. The van der Waals surface area contributed by atoms with Crippen LogP contribution in [0.5, 0.6) is 0 Å². The number of imide groups is 4. The number of fused-ring (bicyclic) bond motifs is 14. The molecule has 674 valence electrons. The summed E-state index contributed by atoms with van der Waals surface area (Å²) in [5.41, 5.74) is -6.40. The molecule has 9 N–H and O–H groups in total. The number of piperidine rings is 4. The van der Waals surface area contributed by atoms with E-state index in [1.807, 2.05) is 156 Å². The summed E-state index contributed by atoms with van der Waals surface area (Å²) >= 11 is 0. The van der Waals surface area contributed by atoms with Crippen LogP contribution in [0.1, 0.15) is 321 Å². The minimum atomic E-state index is -1.05. The quantitative estimate of drug-likeness (QED) is 0.0163. The number of hydrogen-bond donors (Lipinski definition) is 9. The molecule has 8 fully saturated rings. The lowest BCUT2D eigenvalue weighted by Crippen LogP contribution is -2.65. The molecule has 13 amide bonds. The van der Waals surface area contributed by atoms with Gasteiger partial charge in [0, 0.05) is 92.4 Å². The van der Waals surface area contributed by atoms with Crippen molar-refractivity contribution in [3.63, 3.8) is 0 Å². The average Bonchev–Trinajstić information content (AvgIpc) is 1.70. The van der Waals surface area contributed by atoms with Crippen molar-refractivity contribution in [1.82, 2.24) is 35.7 Å². The van der Waals surface area contributed by atoms with Gasteiger partial charge < -0.3 is 35.7 Å². The summed E-state index contributed by atoms with van der Waals surface area (Å²) in [6, 6.07) is 22.9. The van der Waals surface area contributed by atoms with Crippen LogP contribution in [0.15, 0.2) is 72.8 Å². The summed E-state index contributed by atoms with van der Waals surface area (Å²) in [5, 5.41) is 30.6. The van der Waals surface area contributed by atoms with E-state index in [2.05, 4.69) is 57.0 Å². The van der Waals surface area contributed by atoms with Gasteiger partial charge in [-0.05, 0) is 227 Å². The molecule has 6 aromatic rings. The summed E-state index contributed by atoms with van der Waals surface area (Å²) in [6.45, 7) is 25.1. The van der Waals surface area contributed by atoms with E-state index in [1.165, 1.54) is 0 Å². The Morgan fingerprint density at radius 1 is 0.272 bits per heavy atom. The van der Waals surface area contributed by atoms with Crippen molar-refractivity contribution in [3.8, 4) is 0 Å². The number of amides is 13. The fourth-order valence-electron chi connectivity index (χ4n) is 27.8. The van der Waals surface area contributed by atoms with Crippen molar-refractivity contribution in [1.29, 1.82) is 0 Å². The molecule has 8 aliphatic rings. The number of carbonyl (C=O) groups is 13. The van der Waals surface area contributed by atoms with E-state index >= 15 is 19.2 Å². The molecule has 24 heteroatoms. The van der Waals surface area contributed by atoms with Gasteiger partial charge in [0.05, 0.1) is 65.0 Å². The predicted octanol–water partition coefficient (Wildman–Crippen LogP) is 18.7. The zero-order chi connectivity index (χ0) is 89.7. The molecular formula is C101H137N11O13. The number of anilines is 4. The predicted molar refractivity (Wildman–Crippen MR) is 487 cm³/mol. The molecule has 24 nitrogen and oxygen atoms in total. The lowest BCUT2D eigenvalue weighted by molar-refractivity contribution is -0.171. The van der Waals surface area contributed by atoms with E-state index in [9.17, 15) is 43.2 Å². The van der Waals surface area contributed by atoms with Crippen LogP contribution in [0.2, 0.25) is 0 Å². The van der Waals surface area contributed by atoms with Crippen LogP contribution < -0.4 is 47.9 Å². The van der Waals surface area contributed by atoms with Crippen LogP contribution in [0.4, 0.5) is 22.7 Å². The first-order valence-corrected chi connectivity index (χ1v) is 47.8. The van der Waals surface area contributed by atoms with Crippen LogP contribution >= 0.6 is 0 Å². The van der Waals surface area contributed by atoms with Gasteiger partial charge in [0.1, 0.15) is 0 Å². The topological polar surface area (TPSA) is 340 Å². The minimum absolute atomic E-state index is 0.0276. The second kappa shape index (κ2) is 35.2. The molecule has 4 aromatic carbocycles. The number of rotatable bonds is 38. The summed E-state index contributed by atoms with van der Waals surface area (Å²) in [7, 11) is 0. The smallest absolute Gasteiger partial charge is 0.232 e. The maximum absolute atomic E-state index is 15.6. The molecule has 0 radical (unpaired) electrons. The third kappa shape index (κ3) is 15.9. The first-order valence-electron chi connectivity index (χ1n) is 47.8. The second-order valence-corrected chi connectivity index (χ2v) is 40.8. The van der Waals surface area contributed by atoms with E-state index in [1.54, 1.807) is 0 Å². The Kier molecular flexibility index (Phi) is 25.8. The van der Waals surface area contributed by atoms with E-state index in [0.717, 1.165) is 43.6 Å². The van der Waals surface area contributed by atoms with Gasteiger partial charge >= 0.3 is 0 Å². The Bertz CT molecular complexity index is 4890. The van der Waals surface area contributed by atoms with Crippen LogP contribution in [0, 0.1) is 65.0 Å². The molecule has 14 rings (SSSR count). The molecule has 125 heavy (non-hydrogen) atoms. The highest BCUT2D eigenvalue weighted by atomic mass is 16.2. The number of nitrogens with zero attached hydrogens (tertiary/aromatic N) is 2. The molecule has 0 spiro atoms. The van der Waals surface area contributed by atoms with Gasteiger partial charge in [0.25, 0.3) is 0 Å². The Balaban J connectivity index is 0.793. The third-order valence-corrected chi connectivity index (χ3v) is 31.5. The van der Waals surface area contributed by atoms with Gasteiger partial charge in [-0.15, -0.1) is 0 Å². The zero-order valence-electron chi connectivity index (χ0n) is 76.4. The summed E-state index contributed by atoms with van der Waals surface area (Å²) < 4.78 is 4.19. The number of hydrogen-bond acceptors (Lipinski definition) is 13. The molecule has 8 atom stereocenters. The largest absolute Gasteiger partial charge is 0.354 e. The Labute approximate surface area is 736 Å². The number of benzene rings is 4. The van der Waals surface area contributed by atoms with Gasteiger partial charge in [-0.1, -0.05) is 160 Å². The maximum atomic E-state index is 15.6. The van der Waals surface area contributed by atoms with E-state index in [0.29, 0.717) is 254 Å². The number of carbonyl (C=O) groups excluding carboxylic acids is 13. The molecule has 4 saturated heterocycles. The van der Waals surface area contributed by atoms with Crippen molar-refractivity contribution in [2.24, 2.45) is 65.0 Å². The lowest BCUT2D eigenvalue weighted by atomic mass is 9.47. The lowest BCUT2D eigenvalue weighted by Gasteiger charge is -2.57. The summed E-state index contributed by atoms with van der Waals surface area (Å²) in [6.07, 6.45) is 18.5. The van der Waals surface area contributed by atoms with E-state index < -0.39 is 65.0 Å². The normalized spacial score (nSPS) is 30.6. The zero-order valence-corrected chi connectivity index (χ0v) is 76.4. The highest BCUT2D eigenvalue weighted by Crippen LogP contribution is 2.67. The molecule has 6 heterocycles. The number of nitrogens with one attached hydrogen (secondary N) is 9. The van der Waals surface area contributed by atoms with Gasteiger partial charge in [-0.2, -0.15) is 0 Å². The third-order valence-electron chi connectivity index (χ3n) is 31.5. The molecule has 4 aliphatic heterocycles. The number of aryl methyl sites for hydroxylation is 1. The average molecular weight is 1710 g/mol.